The molecule has 0 fully saturated rings. The lowest BCUT2D eigenvalue weighted by Gasteiger charge is -2.19. The summed E-state index contributed by atoms with van der Waals surface area (Å²) in [6, 6.07) is 13.9. The van der Waals surface area contributed by atoms with Crippen molar-refractivity contribution in [3.8, 4) is 17.3 Å². The second-order valence-corrected chi connectivity index (χ2v) is 10.4. The number of hydrogen-bond donors (Lipinski definition) is 1. The first-order chi connectivity index (χ1) is 15.0. The van der Waals surface area contributed by atoms with Gasteiger partial charge in [0, 0.05) is 18.3 Å². The molecule has 0 atom stereocenters. The summed E-state index contributed by atoms with van der Waals surface area (Å²) in [6.45, 7) is 8.13. The molecule has 9 heteroatoms. The highest BCUT2D eigenvalue weighted by atomic mass is 32.2. The molecule has 32 heavy (non-hydrogen) atoms. The van der Waals surface area contributed by atoms with E-state index in [4.69, 9.17) is 0 Å². The van der Waals surface area contributed by atoms with Gasteiger partial charge in [0.05, 0.1) is 27.9 Å². The van der Waals surface area contributed by atoms with E-state index in [1.165, 1.54) is 4.52 Å². The van der Waals surface area contributed by atoms with Crippen molar-refractivity contribution in [2.75, 3.05) is 4.72 Å². The third-order valence-electron chi connectivity index (χ3n) is 5.52. The summed E-state index contributed by atoms with van der Waals surface area (Å²) < 4.78 is 31.9. The Balaban J connectivity index is 1.77. The molecule has 1 aromatic carbocycles. The van der Waals surface area contributed by atoms with Gasteiger partial charge in [0.2, 0.25) is 0 Å². The van der Waals surface area contributed by atoms with Crippen molar-refractivity contribution < 1.29 is 8.42 Å². The number of hydrogen-bond acceptors (Lipinski definition) is 5. The van der Waals surface area contributed by atoms with Crippen molar-refractivity contribution in [3.63, 3.8) is 0 Å². The Labute approximate surface area is 187 Å². The lowest BCUT2D eigenvalue weighted by molar-refractivity contribution is 0.587. The average Bonchev–Trinajstić information content (AvgIpc) is 3.32. The monoisotopic (exact) mass is 448 g/mol. The lowest BCUT2D eigenvalue weighted by atomic mass is 9.87. The summed E-state index contributed by atoms with van der Waals surface area (Å²) in [5.74, 6) is 0.242. The normalized spacial score (nSPS) is 12.1. The third-order valence-corrected chi connectivity index (χ3v) is 6.89. The van der Waals surface area contributed by atoms with Gasteiger partial charge >= 0.3 is 0 Å². The SMILES string of the molecule is Cc1c(-c2cc3c(C#N)ccc(NS(=O)(=O)c4ccc(C(C)(C)C)cc4)n3n2)cnn1C. The summed E-state index contributed by atoms with van der Waals surface area (Å²) in [6.07, 6.45) is 1.70. The molecule has 8 nitrogen and oxygen atoms in total. The highest BCUT2D eigenvalue weighted by Gasteiger charge is 2.21. The number of aryl methyl sites for hydroxylation is 1. The van der Waals surface area contributed by atoms with E-state index in [-0.39, 0.29) is 16.1 Å². The van der Waals surface area contributed by atoms with E-state index in [0.29, 0.717) is 16.8 Å². The Hall–Kier alpha value is -3.64. The quantitative estimate of drug-likeness (QED) is 0.508. The van der Waals surface area contributed by atoms with Gasteiger partial charge in [-0.25, -0.2) is 12.9 Å². The number of nitrogens with zero attached hydrogens (tertiary/aromatic N) is 5. The summed E-state index contributed by atoms with van der Waals surface area (Å²) in [5, 5.41) is 18.3. The molecule has 0 saturated heterocycles. The Bertz CT molecular complexity index is 1470. The molecule has 0 amide bonds. The number of rotatable bonds is 4. The fourth-order valence-corrected chi connectivity index (χ4v) is 4.50. The molecule has 0 aliphatic heterocycles. The number of fused-ring (bicyclic) bond motifs is 1. The smallest absolute Gasteiger partial charge is 0.263 e. The van der Waals surface area contributed by atoms with Crippen molar-refractivity contribution in [1.29, 1.82) is 5.26 Å². The molecule has 3 aromatic heterocycles. The molecule has 0 aliphatic carbocycles. The van der Waals surface area contributed by atoms with Crippen LogP contribution in [0, 0.1) is 18.3 Å². The second-order valence-electron chi connectivity index (χ2n) is 8.72. The molecule has 3 heterocycles. The first-order valence-electron chi connectivity index (χ1n) is 10.1. The number of sulfonamides is 1. The minimum Gasteiger partial charge on any atom is -0.272 e. The fourth-order valence-electron chi connectivity index (χ4n) is 3.46. The predicted octanol–water partition coefficient (Wildman–Crippen LogP) is 4.01. The van der Waals surface area contributed by atoms with Crippen LogP contribution >= 0.6 is 0 Å². The number of pyridine rings is 1. The molecular formula is C23H24N6O2S. The van der Waals surface area contributed by atoms with Gasteiger partial charge in [-0.05, 0) is 48.2 Å². The Morgan fingerprint density at radius 3 is 2.34 bits per heavy atom. The minimum absolute atomic E-state index is 0.0785. The number of anilines is 1. The molecule has 0 saturated carbocycles. The summed E-state index contributed by atoms with van der Waals surface area (Å²) in [4.78, 5) is 0.151. The molecule has 0 aliphatic rings. The second kappa shape index (κ2) is 7.50. The van der Waals surface area contributed by atoms with Crippen molar-refractivity contribution in [2.45, 2.75) is 38.0 Å². The van der Waals surface area contributed by atoms with E-state index >= 15 is 0 Å². The van der Waals surface area contributed by atoms with Crippen LogP contribution in [0.25, 0.3) is 16.8 Å². The first kappa shape index (κ1) is 21.6. The van der Waals surface area contributed by atoms with Crippen LogP contribution in [0.5, 0.6) is 0 Å². The van der Waals surface area contributed by atoms with E-state index in [1.807, 2.05) is 26.1 Å². The zero-order valence-electron chi connectivity index (χ0n) is 18.6. The number of nitriles is 1. The standard InChI is InChI=1S/C23H24N6O2S/c1-15-19(14-25-28(15)5)20-12-21-16(13-24)6-11-22(29(21)26-20)27-32(30,31)18-9-7-17(8-10-18)23(2,3)4/h6-12,14,27H,1-5H3. The summed E-state index contributed by atoms with van der Waals surface area (Å²) >= 11 is 0. The Kier molecular flexibility index (Phi) is 5.06. The van der Waals surface area contributed by atoms with Gasteiger partial charge in [-0.2, -0.15) is 15.5 Å². The van der Waals surface area contributed by atoms with Crippen LogP contribution in [0.1, 0.15) is 37.6 Å². The zero-order valence-corrected chi connectivity index (χ0v) is 19.4. The van der Waals surface area contributed by atoms with Crippen molar-refractivity contribution >= 4 is 21.4 Å². The lowest BCUT2D eigenvalue weighted by Crippen LogP contribution is -2.17. The topological polar surface area (TPSA) is 105 Å². The van der Waals surface area contributed by atoms with Crippen LogP contribution in [0.2, 0.25) is 0 Å². The molecule has 1 N–H and O–H groups in total. The highest BCUT2D eigenvalue weighted by Crippen LogP contribution is 2.28. The van der Waals surface area contributed by atoms with E-state index in [9.17, 15) is 13.7 Å². The van der Waals surface area contributed by atoms with E-state index in [0.717, 1.165) is 16.8 Å². The van der Waals surface area contributed by atoms with Crippen LogP contribution < -0.4 is 4.72 Å². The Morgan fingerprint density at radius 2 is 1.78 bits per heavy atom. The molecule has 4 rings (SSSR count). The maximum atomic E-state index is 13.1. The molecule has 0 radical (unpaired) electrons. The molecule has 4 aromatic rings. The number of aromatic nitrogens is 4. The van der Waals surface area contributed by atoms with Gasteiger partial charge in [-0.1, -0.05) is 32.9 Å². The van der Waals surface area contributed by atoms with E-state index in [1.54, 1.807) is 41.2 Å². The van der Waals surface area contributed by atoms with Crippen molar-refractivity contribution in [3.05, 3.63) is 65.5 Å². The number of nitrogens with one attached hydrogen (secondary N) is 1. The van der Waals surface area contributed by atoms with E-state index in [2.05, 4.69) is 41.8 Å². The predicted molar refractivity (Wildman–Crippen MR) is 123 cm³/mol. The van der Waals surface area contributed by atoms with Gasteiger partial charge in [0.1, 0.15) is 11.9 Å². The highest BCUT2D eigenvalue weighted by molar-refractivity contribution is 7.92. The average molecular weight is 449 g/mol. The van der Waals surface area contributed by atoms with Gasteiger partial charge in [0.25, 0.3) is 10.0 Å². The largest absolute Gasteiger partial charge is 0.272 e. The van der Waals surface area contributed by atoms with Crippen LogP contribution in [0.4, 0.5) is 5.82 Å². The Morgan fingerprint density at radius 1 is 1.09 bits per heavy atom. The van der Waals surface area contributed by atoms with Gasteiger partial charge in [0.15, 0.2) is 0 Å². The van der Waals surface area contributed by atoms with Gasteiger partial charge < -0.3 is 0 Å². The maximum absolute atomic E-state index is 13.1. The van der Waals surface area contributed by atoms with Crippen molar-refractivity contribution in [1.82, 2.24) is 19.4 Å². The molecular weight excluding hydrogens is 424 g/mol. The summed E-state index contributed by atoms with van der Waals surface area (Å²) in [5.41, 5.74) is 4.19. The van der Waals surface area contributed by atoms with Crippen LogP contribution in [-0.2, 0) is 22.5 Å². The molecule has 0 bridgehead atoms. The van der Waals surface area contributed by atoms with E-state index < -0.39 is 10.0 Å². The molecule has 0 unspecified atom stereocenters. The maximum Gasteiger partial charge on any atom is 0.263 e. The number of benzene rings is 1. The first-order valence-corrected chi connectivity index (χ1v) is 11.5. The van der Waals surface area contributed by atoms with Crippen LogP contribution in [-0.4, -0.2) is 27.8 Å². The van der Waals surface area contributed by atoms with Crippen molar-refractivity contribution in [2.24, 2.45) is 7.05 Å². The molecule has 164 valence electrons. The van der Waals surface area contributed by atoms with Crippen LogP contribution in [0.15, 0.2) is 53.6 Å². The molecule has 0 spiro atoms. The zero-order chi connectivity index (χ0) is 23.3. The fraction of sp³-hybridized carbons (Fsp3) is 0.261. The van der Waals surface area contributed by atoms with Gasteiger partial charge in [-0.3, -0.25) is 9.40 Å². The minimum atomic E-state index is -3.86. The summed E-state index contributed by atoms with van der Waals surface area (Å²) in [7, 11) is -2.02. The third kappa shape index (κ3) is 3.74. The van der Waals surface area contributed by atoms with Gasteiger partial charge in [-0.15, -0.1) is 0 Å². The van der Waals surface area contributed by atoms with Crippen LogP contribution in [0.3, 0.4) is 0 Å².